The van der Waals surface area contributed by atoms with Crippen LogP contribution in [0.2, 0.25) is 0 Å². The molecule has 0 aliphatic heterocycles. The van der Waals surface area contributed by atoms with Crippen molar-refractivity contribution < 1.29 is 33.8 Å². The molecule has 0 radical (unpaired) electrons. The van der Waals surface area contributed by atoms with Gasteiger partial charge >= 0.3 is 17.6 Å². The fourth-order valence-electron chi connectivity index (χ4n) is 3.09. The Morgan fingerprint density at radius 3 is 2.34 bits per heavy atom. The van der Waals surface area contributed by atoms with E-state index in [2.05, 4.69) is 0 Å². The number of rotatable bonds is 8. The molecule has 32 heavy (non-hydrogen) atoms. The SMILES string of the molecule is CC(C)c1cc(/C=C/C(=O)c2ccc(OCC(=O)O)cc2)cc2cc(C(=O)O)c(=O)oc12. The molecule has 0 saturated carbocycles. The van der Waals surface area contributed by atoms with Gasteiger partial charge in [0, 0.05) is 10.9 Å². The highest BCUT2D eigenvalue weighted by Crippen LogP contribution is 2.27. The van der Waals surface area contributed by atoms with E-state index in [1.165, 1.54) is 36.4 Å². The van der Waals surface area contributed by atoms with Crippen LogP contribution in [-0.2, 0) is 4.79 Å². The highest BCUT2D eigenvalue weighted by Gasteiger charge is 2.16. The molecular weight excluding hydrogens is 416 g/mol. The van der Waals surface area contributed by atoms with Gasteiger partial charge in [0.05, 0.1) is 0 Å². The number of hydrogen-bond donors (Lipinski definition) is 2. The summed E-state index contributed by atoms with van der Waals surface area (Å²) >= 11 is 0. The number of ketones is 1. The molecule has 0 atom stereocenters. The monoisotopic (exact) mass is 436 g/mol. The normalized spacial score (nSPS) is 11.2. The molecule has 0 unspecified atom stereocenters. The number of aromatic carboxylic acids is 1. The number of benzene rings is 2. The largest absolute Gasteiger partial charge is 0.482 e. The van der Waals surface area contributed by atoms with Crippen LogP contribution in [0.3, 0.4) is 0 Å². The Balaban J connectivity index is 1.91. The number of carboxylic acids is 2. The van der Waals surface area contributed by atoms with Gasteiger partial charge in [-0.15, -0.1) is 0 Å². The molecular formula is C24H20O8. The van der Waals surface area contributed by atoms with Gasteiger partial charge in [0.15, 0.2) is 12.4 Å². The minimum absolute atomic E-state index is 0.0151. The maximum absolute atomic E-state index is 12.5. The lowest BCUT2D eigenvalue weighted by Gasteiger charge is -2.10. The van der Waals surface area contributed by atoms with Crippen LogP contribution < -0.4 is 10.4 Å². The Bertz CT molecular complexity index is 1280. The number of fused-ring (bicyclic) bond motifs is 1. The van der Waals surface area contributed by atoms with Crippen LogP contribution in [0, 0.1) is 0 Å². The number of hydrogen-bond acceptors (Lipinski definition) is 6. The zero-order chi connectivity index (χ0) is 23.4. The Morgan fingerprint density at radius 1 is 1.06 bits per heavy atom. The zero-order valence-electron chi connectivity index (χ0n) is 17.3. The van der Waals surface area contributed by atoms with Gasteiger partial charge in [0.1, 0.15) is 16.9 Å². The van der Waals surface area contributed by atoms with Crippen molar-refractivity contribution in [2.75, 3.05) is 6.61 Å². The standard InChI is InChI=1S/C24H20O8/c1-13(2)18-10-14(9-16-11-19(23(28)29)24(30)32-22(16)18)3-8-20(25)15-4-6-17(7-5-15)31-12-21(26)27/h3-11,13H,12H2,1-2H3,(H,26,27)(H,28,29)/b8-3+. The van der Waals surface area contributed by atoms with Crippen molar-refractivity contribution in [3.8, 4) is 5.75 Å². The molecule has 8 nitrogen and oxygen atoms in total. The minimum Gasteiger partial charge on any atom is -0.482 e. The number of carboxylic acid groups (broad SMARTS) is 2. The van der Waals surface area contributed by atoms with Gasteiger partial charge in [-0.2, -0.15) is 0 Å². The quantitative estimate of drug-likeness (QED) is 0.308. The molecule has 0 aliphatic rings. The second-order valence-corrected chi connectivity index (χ2v) is 7.34. The van der Waals surface area contributed by atoms with Crippen LogP contribution >= 0.6 is 0 Å². The molecule has 1 aromatic heterocycles. The molecule has 0 spiro atoms. The van der Waals surface area contributed by atoms with Crippen molar-refractivity contribution in [2.24, 2.45) is 0 Å². The average Bonchev–Trinajstić information content (AvgIpc) is 2.75. The van der Waals surface area contributed by atoms with Crippen molar-refractivity contribution >= 4 is 34.8 Å². The third-order valence-corrected chi connectivity index (χ3v) is 4.66. The fourth-order valence-corrected chi connectivity index (χ4v) is 3.09. The number of aliphatic carboxylic acids is 1. The molecule has 0 fully saturated rings. The lowest BCUT2D eigenvalue weighted by atomic mass is 9.96. The third-order valence-electron chi connectivity index (χ3n) is 4.66. The van der Waals surface area contributed by atoms with Crippen molar-refractivity contribution in [1.29, 1.82) is 0 Å². The molecule has 8 heteroatoms. The van der Waals surface area contributed by atoms with Gasteiger partial charge in [-0.05, 0) is 65.6 Å². The third kappa shape index (κ3) is 5.10. The average molecular weight is 436 g/mol. The summed E-state index contributed by atoms with van der Waals surface area (Å²) in [7, 11) is 0. The molecule has 2 aromatic carbocycles. The molecule has 2 N–H and O–H groups in total. The molecule has 0 aliphatic carbocycles. The summed E-state index contributed by atoms with van der Waals surface area (Å²) in [5.74, 6) is -2.44. The van der Waals surface area contributed by atoms with Crippen molar-refractivity contribution in [3.05, 3.63) is 81.2 Å². The first-order valence-electron chi connectivity index (χ1n) is 9.68. The van der Waals surface area contributed by atoms with E-state index in [9.17, 15) is 24.3 Å². The zero-order valence-corrected chi connectivity index (χ0v) is 17.3. The van der Waals surface area contributed by atoms with Gasteiger partial charge in [-0.1, -0.05) is 19.9 Å². The van der Waals surface area contributed by atoms with Crippen molar-refractivity contribution in [3.63, 3.8) is 0 Å². The molecule has 3 aromatic rings. The molecule has 164 valence electrons. The molecule has 0 saturated heterocycles. The van der Waals surface area contributed by atoms with E-state index in [1.807, 2.05) is 13.8 Å². The summed E-state index contributed by atoms with van der Waals surface area (Å²) in [4.78, 5) is 46.3. The Hall–Kier alpha value is -4.20. The van der Waals surface area contributed by atoms with E-state index >= 15 is 0 Å². The maximum atomic E-state index is 12.5. The van der Waals surface area contributed by atoms with Crippen LogP contribution in [0.4, 0.5) is 0 Å². The van der Waals surface area contributed by atoms with Gasteiger partial charge < -0.3 is 19.4 Å². The van der Waals surface area contributed by atoms with Crippen LogP contribution in [-0.4, -0.2) is 34.5 Å². The predicted molar refractivity (Wildman–Crippen MR) is 116 cm³/mol. The first kappa shape index (κ1) is 22.5. The summed E-state index contributed by atoms with van der Waals surface area (Å²) in [5, 5.41) is 18.3. The van der Waals surface area contributed by atoms with Crippen LogP contribution in [0.1, 0.15) is 51.6 Å². The summed E-state index contributed by atoms with van der Waals surface area (Å²) < 4.78 is 10.3. The molecule has 0 bridgehead atoms. The lowest BCUT2D eigenvalue weighted by Crippen LogP contribution is -2.13. The lowest BCUT2D eigenvalue weighted by molar-refractivity contribution is -0.139. The van der Waals surface area contributed by atoms with Crippen molar-refractivity contribution in [2.45, 2.75) is 19.8 Å². The van der Waals surface area contributed by atoms with Crippen LogP contribution in [0.5, 0.6) is 5.75 Å². The highest BCUT2D eigenvalue weighted by atomic mass is 16.5. The van der Waals surface area contributed by atoms with Gasteiger partial charge in [-0.25, -0.2) is 14.4 Å². The smallest absolute Gasteiger partial charge is 0.351 e. The summed E-state index contributed by atoms with van der Waals surface area (Å²) in [6, 6.07) is 10.8. The Morgan fingerprint density at radius 2 is 1.75 bits per heavy atom. The molecule has 3 rings (SSSR count). The Labute approximate surface area is 182 Å². The second kappa shape index (κ2) is 9.30. The van der Waals surface area contributed by atoms with Crippen LogP contribution in [0.15, 0.2) is 57.8 Å². The molecule has 0 amide bonds. The Kier molecular flexibility index (Phi) is 6.53. The number of ether oxygens (including phenoxy) is 1. The van der Waals surface area contributed by atoms with E-state index < -0.39 is 29.7 Å². The molecule has 1 heterocycles. The second-order valence-electron chi connectivity index (χ2n) is 7.34. The summed E-state index contributed by atoms with van der Waals surface area (Å²) in [5.41, 5.74) is 0.670. The van der Waals surface area contributed by atoms with E-state index in [0.717, 1.165) is 0 Å². The van der Waals surface area contributed by atoms with Gasteiger partial charge in [-0.3, -0.25) is 4.79 Å². The van der Waals surface area contributed by atoms with Crippen molar-refractivity contribution in [1.82, 2.24) is 0 Å². The predicted octanol–water partition coefficient (Wildman–Crippen LogP) is 3.97. The first-order valence-corrected chi connectivity index (χ1v) is 9.68. The topological polar surface area (TPSA) is 131 Å². The number of carbonyl (C=O) groups is 3. The van der Waals surface area contributed by atoms with E-state index in [-0.39, 0.29) is 11.7 Å². The van der Waals surface area contributed by atoms with Gasteiger partial charge in [0.25, 0.3) is 0 Å². The van der Waals surface area contributed by atoms with E-state index in [1.54, 1.807) is 18.2 Å². The summed E-state index contributed by atoms with van der Waals surface area (Å²) in [6.07, 6.45) is 2.96. The van der Waals surface area contributed by atoms with Crippen LogP contribution in [0.25, 0.3) is 17.0 Å². The van der Waals surface area contributed by atoms with Gasteiger partial charge in [0.2, 0.25) is 0 Å². The first-order chi connectivity index (χ1) is 15.2. The minimum atomic E-state index is -1.38. The number of allylic oxidation sites excluding steroid dienone is 1. The maximum Gasteiger partial charge on any atom is 0.351 e. The number of carbonyl (C=O) groups excluding carboxylic acids is 1. The summed E-state index contributed by atoms with van der Waals surface area (Å²) in [6.45, 7) is 3.34. The highest BCUT2D eigenvalue weighted by molar-refractivity contribution is 6.07. The van der Waals surface area contributed by atoms with E-state index in [0.29, 0.717) is 33.4 Å². The van der Waals surface area contributed by atoms with E-state index in [4.69, 9.17) is 14.3 Å². The fraction of sp³-hybridized carbons (Fsp3) is 0.167.